The number of ether oxygens (including phenoxy) is 2. The van der Waals surface area contributed by atoms with Crippen LogP contribution >= 0.6 is 15.9 Å². The predicted molar refractivity (Wildman–Crippen MR) is 100.0 cm³/mol. The Morgan fingerprint density at radius 3 is 2.21 bits per heavy atom. The smallest absolute Gasteiger partial charge is 0.343 e. The molecule has 0 aliphatic rings. The van der Waals surface area contributed by atoms with Crippen molar-refractivity contribution in [2.75, 3.05) is 6.61 Å². The van der Waals surface area contributed by atoms with Gasteiger partial charge in [0.15, 0.2) is 0 Å². The molecule has 0 saturated carbocycles. The average Bonchev–Trinajstić information content (AvgIpc) is 2.51. The molecule has 0 spiro atoms. The summed E-state index contributed by atoms with van der Waals surface area (Å²) in [6, 6.07) is 10.9. The molecule has 3 nitrogen and oxygen atoms in total. The first-order valence-corrected chi connectivity index (χ1v) is 8.88. The van der Waals surface area contributed by atoms with E-state index in [1.807, 2.05) is 26.0 Å². The van der Waals surface area contributed by atoms with E-state index in [2.05, 4.69) is 29.8 Å². The van der Waals surface area contributed by atoms with Gasteiger partial charge in [0.1, 0.15) is 11.5 Å². The molecular formula is C20H23BrO3. The van der Waals surface area contributed by atoms with E-state index in [9.17, 15) is 4.79 Å². The summed E-state index contributed by atoms with van der Waals surface area (Å²) in [5.74, 6) is 1.62. The third-order valence-corrected chi connectivity index (χ3v) is 4.13. The van der Waals surface area contributed by atoms with Crippen molar-refractivity contribution in [3.8, 4) is 11.5 Å². The van der Waals surface area contributed by atoms with Crippen LogP contribution in [0.2, 0.25) is 0 Å². The Kier molecular flexibility index (Phi) is 6.44. The number of esters is 1. The van der Waals surface area contributed by atoms with Gasteiger partial charge in [-0.1, -0.05) is 29.8 Å². The molecule has 0 heterocycles. The molecule has 2 aromatic rings. The second-order valence-corrected chi connectivity index (χ2v) is 7.23. The molecule has 0 N–H and O–H groups in total. The summed E-state index contributed by atoms with van der Waals surface area (Å²) < 4.78 is 12.2. The van der Waals surface area contributed by atoms with Gasteiger partial charge in [0.05, 0.1) is 12.2 Å². The van der Waals surface area contributed by atoms with Crippen molar-refractivity contribution >= 4 is 21.9 Å². The number of carbonyl (C=O) groups is 1. The number of benzene rings is 2. The Labute approximate surface area is 152 Å². The van der Waals surface area contributed by atoms with E-state index in [0.29, 0.717) is 23.8 Å². The highest BCUT2D eigenvalue weighted by Gasteiger charge is 2.13. The molecule has 0 unspecified atom stereocenters. The van der Waals surface area contributed by atoms with E-state index in [0.717, 1.165) is 27.8 Å². The first-order valence-electron chi connectivity index (χ1n) is 8.08. The highest BCUT2D eigenvalue weighted by Crippen LogP contribution is 2.28. The van der Waals surface area contributed by atoms with Crippen LogP contribution in [-0.2, 0) is 0 Å². The van der Waals surface area contributed by atoms with E-state index in [-0.39, 0.29) is 5.97 Å². The summed E-state index contributed by atoms with van der Waals surface area (Å²) in [6.45, 7) is 8.85. The molecule has 0 fully saturated rings. The van der Waals surface area contributed by atoms with Crippen molar-refractivity contribution < 1.29 is 14.3 Å². The zero-order chi connectivity index (χ0) is 17.7. The summed E-state index contributed by atoms with van der Waals surface area (Å²) in [5.41, 5.74) is 2.35. The van der Waals surface area contributed by atoms with Crippen LogP contribution in [0.1, 0.15) is 41.8 Å². The van der Waals surface area contributed by atoms with Crippen LogP contribution in [0.5, 0.6) is 11.5 Å². The average molecular weight is 391 g/mol. The minimum Gasteiger partial charge on any atom is -0.494 e. The second-order valence-electron chi connectivity index (χ2n) is 6.31. The van der Waals surface area contributed by atoms with E-state index in [1.54, 1.807) is 24.3 Å². The number of hydrogen-bond acceptors (Lipinski definition) is 3. The molecule has 4 heteroatoms. The van der Waals surface area contributed by atoms with Crippen molar-refractivity contribution in [2.45, 2.75) is 34.1 Å². The molecule has 128 valence electrons. The molecule has 2 aromatic carbocycles. The highest BCUT2D eigenvalue weighted by molar-refractivity contribution is 9.10. The minimum atomic E-state index is -0.364. The second kappa shape index (κ2) is 8.34. The monoisotopic (exact) mass is 390 g/mol. The van der Waals surface area contributed by atoms with E-state index in [4.69, 9.17) is 9.47 Å². The van der Waals surface area contributed by atoms with Gasteiger partial charge in [-0.15, -0.1) is 0 Å². The molecule has 0 saturated heterocycles. The van der Waals surface area contributed by atoms with Gasteiger partial charge in [0.2, 0.25) is 0 Å². The summed E-state index contributed by atoms with van der Waals surface area (Å²) in [6.07, 6.45) is 1.01. The maximum atomic E-state index is 12.3. The summed E-state index contributed by atoms with van der Waals surface area (Å²) in [7, 11) is 0. The molecule has 0 amide bonds. The molecule has 0 atom stereocenters. The molecule has 0 aromatic heterocycles. The van der Waals surface area contributed by atoms with Crippen LogP contribution in [0.4, 0.5) is 0 Å². The lowest BCUT2D eigenvalue weighted by Gasteiger charge is -2.12. The number of rotatable bonds is 6. The lowest BCUT2D eigenvalue weighted by molar-refractivity contribution is 0.0732. The van der Waals surface area contributed by atoms with Crippen molar-refractivity contribution in [3.63, 3.8) is 0 Å². The number of carbonyl (C=O) groups excluding carboxylic acids is 1. The third-order valence-electron chi connectivity index (χ3n) is 3.67. The van der Waals surface area contributed by atoms with Gasteiger partial charge >= 0.3 is 5.97 Å². The third kappa shape index (κ3) is 5.10. The SMILES string of the molecule is Cc1cc(Br)cc(C)c1OC(=O)c1ccc(OCCC(C)C)cc1. The van der Waals surface area contributed by atoms with Crippen LogP contribution < -0.4 is 9.47 Å². The van der Waals surface area contributed by atoms with E-state index < -0.39 is 0 Å². The van der Waals surface area contributed by atoms with Crippen LogP contribution in [0.15, 0.2) is 40.9 Å². The fourth-order valence-corrected chi connectivity index (χ4v) is 3.00. The molecule has 0 aliphatic carbocycles. The van der Waals surface area contributed by atoms with Crippen LogP contribution in [0, 0.1) is 19.8 Å². The predicted octanol–water partition coefficient (Wildman–Crippen LogP) is 5.71. The van der Waals surface area contributed by atoms with E-state index in [1.165, 1.54) is 0 Å². The number of aryl methyl sites for hydroxylation is 2. The highest BCUT2D eigenvalue weighted by atomic mass is 79.9. The Morgan fingerprint density at radius 1 is 1.08 bits per heavy atom. The maximum Gasteiger partial charge on any atom is 0.343 e. The minimum absolute atomic E-state index is 0.364. The van der Waals surface area contributed by atoms with Crippen LogP contribution in [-0.4, -0.2) is 12.6 Å². The standard InChI is InChI=1S/C20H23BrO3/c1-13(2)9-10-23-18-7-5-16(6-8-18)20(22)24-19-14(3)11-17(21)12-15(19)4/h5-8,11-13H,9-10H2,1-4H3. The van der Waals surface area contributed by atoms with Crippen molar-refractivity contribution in [2.24, 2.45) is 5.92 Å². The summed E-state index contributed by atoms with van der Waals surface area (Å²) >= 11 is 3.44. The lowest BCUT2D eigenvalue weighted by Crippen LogP contribution is -2.10. The zero-order valence-electron chi connectivity index (χ0n) is 14.6. The number of halogens is 1. The van der Waals surface area contributed by atoms with Crippen LogP contribution in [0.3, 0.4) is 0 Å². The van der Waals surface area contributed by atoms with Crippen LogP contribution in [0.25, 0.3) is 0 Å². The zero-order valence-corrected chi connectivity index (χ0v) is 16.1. The first kappa shape index (κ1) is 18.5. The Balaban J connectivity index is 2.03. The molecule has 0 radical (unpaired) electrons. The largest absolute Gasteiger partial charge is 0.494 e. The van der Waals surface area contributed by atoms with Gasteiger partial charge in [0.25, 0.3) is 0 Å². The Bertz CT molecular complexity index is 682. The molecule has 2 rings (SSSR count). The van der Waals surface area contributed by atoms with Crippen molar-refractivity contribution in [1.82, 2.24) is 0 Å². The van der Waals surface area contributed by atoms with Crippen molar-refractivity contribution in [3.05, 3.63) is 57.6 Å². The van der Waals surface area contributed by atoms with E-state index >= 15 is 0 Å². The van der Waals surface area contributed by atoms with Gasteiger partial charge < -0.3 is 9.47 Å². The molecule has 0 aliphatic heterocycles. The first-order chi connectivity index (χ1) is 11.4. The van der Waals surface area contributed by atoms with Gasteiger partial charge in [-0.25, -0.2) is 4.79 Å². The van der Waals surface area contributed by atoms with Gasteiger partial charge in [-0.3, -0.25) is 0 Å². The molecule has 24 heavy (non-hydrogen) atoms. The molecular weight excluding hydrogens is 368 g/mol. The normalized spacial score (nSPS) is 10.8. The lowest BCUT2D eigenvalue weighted by atomic mass is 10.1. The fourth-order valence-electron chi connectivity index (χ4n) is 2.31. The Morgan fingerprint density at radius 2 is 1.67 bits per heavy atom. The topological polar surface area (TPSA) is 35.5 Å². The summed E-state index contributed by atoms with van der Waals surface area (Å²) in [5, 5.41) is 0. The number of hydrogen-bond donors (Lipinski definition) is 0. The van der Waals surface area contributed by atoms with Gasteiger partial charge in [-0.2, -0.15) is 0 Å². The van der Waals surface area contributed by atoms with Gasteiger partial charge in [0, 0.05) is 4.47 Å². The van der Waals surface area contributed by atoms with Crippen molar-refractivity contribution in [1.29, 1.82) is 0 Å². The molecule has 0 bridgehead atoms. The summed E-state index contributed by atoms with van der Waals surface area (Å²) in [4.78, 5) is 12.3. The quantitative estimate of drug-likeness (QED) is 0.467. The van der Waals surface area contributed by atoms with Gasteiger partial charge in [-0.05, 0) is 73.7 Å². The Hall–Kier alpha value is -1.81. The fraction of sp³-hybridized carbons (Fsp3) is 0.350. The maximum absolute atomic E-state index is 12.3.